The average molecular weight is 294 g/mol. The first-order valence-electron chi connectivity index (χ1n) is 5.99. The number of carbonyl (C=O) groups is 1. The van der Waals surface area contributed by atoms with Crippen molar-refractivity contribution in [3.05, 3.63) is 50.7 Å². The fourth-order valence-corrected chi connectivity index (χ4v) is 2.83. The lowest BCUT2D eigenvalue weighted by atomic mass is 9.95. The van der Waals surface area contributed by atoms with Crippen molar-refractivity contribution in [2.24, 2.45) is 0 Å². The van der Waals surface area contributed by atoms with Gasteiger partial charge in [0.25, 0.3) is 0 Å². The van der Waals surface area contributed by atoms with Gasteiger partial charge in [-0.05, 0) is 35.7 Å². The second kappa shape index (κ2) is 4.99. The Morgan fingerprint density at radius 2 is 1.89 bits per heavy atom. The smallest absolute Gasteiger partial charge is 0.203 e. The van der Waals surface area contributed by atoms with E-state index >= 15 is 0 Å². The third-order valence-corrected chi connectivity index (χ3v) is 4.68. The Morgan fingerprint density at radius 1 is 1.21 bits per heavy atom. The normalized spacial score (nSPS) is 11.6. The molecular weight excluding hydrogens is 278 g/mol. The van der Waals surface area contributed by atoms with Gasteiger partial charge in [0, 0.05) is 10.4 Å². The molecule has 0 spiro atoms. The second-order valence-electron chi connectivity index (χ2n) is 5.48. The van der Waals surface area contributed by atoms with Gasteiger partial charge in [0.2, 0.25) is 5.78 Å². The van der Waals surface area contributed by atoms with Crippen LogP contribution in [0.15, 0.2) is 30.3 Å². The highest BCUT2D eigenvalue weighted by Gasteiger charge is 2.19. The molecule has 100 valence electrons. The molecule has 0 atom stereocenters. The standard InChI is InChI=1S/C15H16ClNOS/c1-15(2,3)13-7-6-12(19-13)14(18)9-4-5-10(16)11(17)8-9/h4-8H,17H2,1-3H3. The van der Waals surface area contributed by atoms with Gasteiger partial charge in [0.1, 0.15) is 0 Å². The highest BCUT2D eigenvalue weighted by atomic mass is 35.5. The molecule has 0 aliphatic heterocycles. The quantitative estimate of drug-likeness (QED) is 0.654. The molecule has 4 heteroatoms. The summed E-state index contributed by atoms with van der Waals surface area (Å²) in [5, 5.41) is 0.470. The maximum absolute atomic E-state index is 12.4. The van der Waals surface area contributed by atoms with Gasteiger partial charge in [-0.1, -0.05) is 32.4 Å². The first-order chi connectivity index (χ1) is 8.79. The predicted octanol–water partition coefficient (Wildman–Crippen LogP) is 4.51. The number of ketones is 1. The molecule has 0 aliphatic rings. The van der Waals surface area contributed by atoms with E-state index in [0.717, 1.165) is 4.88 Å². The Bertz CT molecular complexity index is 625. The highest BCUT2D eigenvalue weighted by molar-refractivity contribution is 7.14. The summed E-state index contributed by atoms with van der Waals surface area (Å²) in [6.45, 7) is 6.40. The van der Waals surface area contributed by atoms with Crippen molar-refractivity contribution < 1.29 is 4.79 Å². The molecule has 2 rings (SSSR count). The first kappa shape index (κ1) is 14.1. The topological polar surface area (TPSA) is 43.1 Å². The molecular formula is C15H16ClNOS. The van der Waals surface area contributed by atoms with Crippen LogP contribution in [0.4, 0.5) is 5.69 Å². The first-order valence-corrected chi connectivity index (χ1v) is 7.18. The van der Waals surface area contributed by atoms with Gasteiger partial charge in [-0.2, -0.15) is 0 Å². The highest BCUT2D eigenvalue weighted by Crippen LogP contribution is 2.31. The molecule has 0 radical (unpaired) electrons. The van der Waals surface area contributed by atoms with E-state index in [4.69, 9.17) is 17.3 Å². The maximum atomic E-state index is 12.4. The number of benzene rings is 1. The molecule has 0 amide bonds. The minimum atomic E-state index is -0.0103. The maximum Gasteiger partial charge on any atom is 0.203 e. The molecule has 0 saturated carbocycles. The molecule has 1 aromatic carbocycles. The second-order valence-corrected chi connectivity index (χ2v) is 6.97. The number of hydrogen-bond donors (Lipinski definition) is 1. The Kier molecular flexibility index (Phi) is 3.70. The molecule has 2 nitrogen and oxygen atoms in total. The van der Waals surface area contributed by atoms with Crippen molar-refractivity contribution in [3.8, 4) is 0 Å². The van der Waals surface area contributed by atoms with Gasteiger partial charge in [0.05, 0.1) is 15.6 Å². The number of nitrogen functional groups attached to an aromatic ring is 1. The van der Waals surface area contributed by atoms with E-state index in [1.807, 2.05) is 12.1 Å². The van der Waals surface area contributed by atoms with Crippen LogP contribution in [-0.2, 0) is 5.41 Å². The number of anilines is 1. The predicted molar refractivity (Wildman–Crippen MR) is 82.3 cm³/mol. The van der Waals surface area contributed by atoms with E-state index in [2.05, 4.69) is 20.8 Å². The molecule has 0 saturated heterocycles. The van der Waals surface area contributed by atoms with Crippen LogP contribution < -0.4 is 5.73 Å². The van der Waals surface area contributed by atoms with E-state index in [1.54, 1.807) is 18.2 Å². The molecule has 19 heavy (non-hydrogen) atoms. The van der Waals surface area contributed by atoms with Gasteiger partial charge in [-0.25, -0.2) is 0 Å². The van der Waals surface area contributed by atoms with Crippen molar-refractivity contribution in [1.29, 1.82) is 0 Å². The zero-order valence-electron chi connectivity index (χ0n) is 11.2. The third-order valence-electron chi connectivity index (χ3n) is 2.83. The van der Waals surface area contributed by atoms with E-state index in [-0.39, 0.29) is 11.2 Å². The summed E-state index contributed by atoms with van der Waals surface area (Å²) in [6, 6.07) is 8.87. The summed E-state index contributed by atoms with van der Waals surface area (Å²) in [7, 11) is 0. The summed E-state index contributed by atoms with van der Waals surface area (Å²) < 4.78 is 0. The van der Waals surface area contributed by atoms with Crippen molar-refractivity contribution in [1.82, 2.24) is 0 Å². The number of halogens is 1. The summed E-state index contributed by atoms with van der Waals surface area (Å²) >= 11 is 7.39. The zero-order valence-corrected chi connectivity index (χ0v) is 12.7. The minimum absolute atomic E-state index is 0.0103. The number of hydrogen-bond acceptors (Lipinski definition) is 3. The average Bonchev–Trinajstić information content (AvgIpc) is 2.81. The minimum Gasteiger partial charge on any atom is -0.398 e. The summed E-state index contributed by atoms with van der Waals surface area (Å²) in [5.41, 5.74) is 6.79. The SMILES string of the molecule is CC(C)(C)c1ccc(C(=O)c2ccc(Cl)c(N)c2)s1. The molecule has 2 N–H and O–H groups in total. The van der Waals surface area contributed by atoms with Crippen LogP contribution in [0, 0.1) is 0 Å². The molecule has 0 unspecified atom stereocenters. The number of thiophene rings is 1. The van der Waals surface area contributed by atoms with Gasteiger partial charge in [-0.15, -0.1) is 11.3 Å². The Morgan fingerprint density at radius 3 is 2.42 bits per heavy atom. The summed E-state index contributed by atoms with van der Waals surface area (Å²) in [6.07, 6.45) is 0. The van der Waals surface area contributed by atoms with E-state index in [0.29, 0.717) is 16.3 Å². The van der Waals surface area contributed by atoms with E-state index in [1.165, 1.54) is 16.2 Å². The van der Waals surface area contributed by atoms with Crippen molar-refractivity contribution in [3.63, 3.8) is 0 Å². The van der Waals surface area contributed by atoms with Crippen molar-refractivity contribution in [2.75, 3.05) is 5.73 Å². The van der Waals surface area contributed by atoms with E-state index < -0.39 is 0 Å². The molecule has 1 heterocycles. The van der Waals surface area contributed by atoms with Crippen LogP contribution in [0.5, 0.6) is 0 Å². The Balaban J connectivity index is 2.34. The van der Waals surface area contributed by atoms with Crippen molar-refractivity contribution in [2.45, 2.75) is 26.2 Å². The van der Waals surface area contributed by atoms with Crippen molar-refractivity contribution >= 4 is 34.4 Å². The molecule has 0 bridgehead atoms. The molecule has 1 aromatic heterocycles. The monoisotopic (exact) mass is 293 g/mol. The van der Waals surface area contributed by atoms with Gasteiger partial charge in [0.15, 0.2) is 0 Å². The van der Waals surface area contributed by atoms with Crippen LogP contribution >= 0.6 is 22.9 Å². The van der Waals surface area contributed by atoms with Crippen LogP contribution in [-0.4, -0.2) is 5.78 Å². The largest absolute Gasteiger partial charge is 0.398 e. The lowest BCUT2D eigenvalue weighted by molar-refractivity contribution is 0.104. The fourth-order valence-electron chi connectivity index (χ4n) is 1.69. The van der Waals surface area contributed by atoms with E-state index in [9.17, 15) is 4.79 Å². The summed E-state index contributed by atoms with van der Waals surface area (Å²) in [5.74, 6) is -0.0103. The lowest BCUT2D eigenvalue weighted by Gasteiger charge is -2.15. The van der Waals surface area contributed by atoms with Crippen LogP contribution in [0.1, 0.15) is 40.9 Å². The van der Waals surface area contributed by atoms with Crippen LogP contribution in [0.2, 0.25) is 5.02 Å². The number of carbonyl (C=O) groups excluding carboxylic acids is 1. The molecule has 0 aliphatic carbocycles. The molecule has 0 fully saturated rings. The fraction of sp³-hybridized carbons (Fsp3) is 0.267. The van der Waals surface area contributed by atoms with Gasteiger partial charge < -0.3 is 5.73 Å². The number of rotatable bonds is 2. The van der Waals surface area contributed by atoms with Gasteiger partial charge in [-0.3, -0.25) is 4.79 Å². The molecule has 2 aromatic rings. The number of nitrogens with two attached hydrogens (primary N) is 1. The van der Waals surface area contributed by atoms with Crippen LogP contribution in [0.3, 0.4) is 0 Å². The Hall–Kier alpha value is -1.32. The third kappa shape index (κ3) is 2.99. The zero-order chi connectivity index (χ0) is 14.2. The lowest BCUT2D eigenvalue weighted by Crippen LogP contribution is -2.08. The van der Waals surface area contributed by atoms with Gasteiger partial charge >= 0.3 is 0 Å². The Labute approximate surface area is 122 Å². The van der Waals surface area contributed by atoms with Crippen LogP contribution in [0.25, 0.3) is 0 Å². The summed E-state index contributed by atoms with van der Waals surface area (Å²) in [4.78, 5) is 14.3.